The molecule has 1 aromatic carbocycles. The smallest absolute Gasteiger partial charge is 0.263 e. The van der Waals surface area contributed by atoms with Gasteiger partial charge in [-0.15, -0.1) is 0 Å². The third kappa shape index (κ3) is 4.10. The van der Waals surface area contributed by atoms with Crippen LogP contribution >= 0.6 is 0 Å². The Kier molecular flexibility index (Phi) is 5.22. The van der Waals surface area contributed by atoms with E-state index >= 15 is 0 Å². The molecule has 2 aromatic rings. The Morgan fingerprint density at radius 1 is 1.12 bits per heavy atom. The summed E-state index contributed by atoms with van der Waals surface area (Å²) in [5.41, 5.74) is 2.24. The van der Waals surface area contributed by atoms with Crippen molar-refractivity contribution in [1.82, 2.24) is 9.88 Å². The summed E-state index contributed by atoms with van der Waals surface area (Å²) >= 11 is 0. The molecule has 2 heterocycles. The number of rotatable bonds is 4. The molecule has 1 aromatic heterocycles. The van der Waals surface area contributed by atoms with E-state index in [4.69, 9.17) is 4.74 Å². The number of nitrogens with zero attached hydrogens (tertiary/aromatic N) is 3. The molecule has 132 valence electrons. The third-order valence-electron chi connectivity index (χ3n) is 4.55. The van der Waals surface area contributed by atoms with Gasteiger partial charge in [0, 0.05) is 32.4 Å². The quantitative estimate of drug-likeness (QED) is 0.859. The van der Waals surface area contributed by atoms with E-state index in [1.807, 2.05) is 56.0 Å². The van der Waals surface area contributed by atoms with Gasteiger partial charge in [0.1, 0.15) is 11.6 Å². The summed E-state index contributed by atoms with van der Waals surface area (Å²) in [5, 5.41) is 0. The molecule has 0 bridgehead atoms. The van der Waals surface area contributed by atoms with Crippen molar-refractivity contribution < 1.29 is 9.53 Å². The van der Waals surface area contributed by atoms with Crippen LogP contribution in [0, 0.1) is 13.8 Å². The zero-order valence-corrected chi connectivity index (χ0v) is 15.1. The molecule has 0 N–H and O–H groups in total. The third-order valence-corrected chi connectivity index (χ3v) is 4.55. The van der Waals surface area contributed by atoms with E-state index in [1.165, 1.54) is 5.56 Å². The molecule has 0 saturated carbocycles. The number of pyridine rings is 1. The van der Waals surface area contributed by atoms with Crippen molar-refractivity contribution in [3.63, 3.8) is 0 Å². The number of hydrogen-bond acceptors (Lipinski definition) is 4. The normalized spacial score (nSPS) is 15.8. The average Bonchev–Trinajstić information content (AvgIpc) is 2.64. The van der Waals surface area contributed by atoms with Gasteiger partial charge in [-0.1, -0.05) is 23.8 Å². The summed E-state index contributed by atoms with van der Waals surface area (Å²) in [7, 11) is 0. The Hall–Kier alpha value is -2.56. The highest BCUT2D eigenvalue weighted by Gasteiger charge is 2.26. The van der Waals surface area contributed by atoms with E-state index in [-0.39, 0.29) is 5.91 Å². The maximum atomic E-state index is 12.7. The van der Waals surface area contributed by atoms with E-state index in [9.17, 15) is 4.79 Å². The first kappa shape index (κ1) is 17.3. The maximum Gasteiger partial charge on any atom is 0.263 e. The van der Waals surface area contributed by atoms with E-state index < -0.39 is 6.10 Å². The van der Waals surface area contributed by atoms with Crippen LogP contribution in [0.15, 0.2) is 42.6 Å². The number of aryl methyl sites for hydroxylation is 2. The number of hydrogen-bond donors (Lipinski definition) is 0. The van der Waals surface area contributed by atoms with E-state index in [2.05, 4.69) is 16.0 Å². The van der Waals surface area contributed by atoms with Crippen LogP contribution in [0.1, 0.15) is 18.1 Å². The molecule has 1 saturated heterocycles. The van der Waals surface area contributed by atoms with E-state index in [0.29, 0.717) is 13.1 Å². The summed E-state index contributed by atoms with van der Waals surface area (Å²) in [5.74, 6) is 1.79. The molecule has 25 heavy (non-hydrogen) atoms. The van der Waals surface area contributed by atoms with E-state index in [1.54, 1.807) is 6.20 Å². The second kappa shape index (κ2) is 7.55. The lowest BCUT2D eigenvalue weighted by molar-refractivity contribution is -0.138. The molecule has 1 aliphatic rings. The number of piperazine rings is 1. The molecule has 5 nitrogen and oxygen atoms in total. The number of ether oxygens (including phenoxy) is 1. The molecule has 0 radical (unpaired) electrons. The van der Waals surface area contributed by atoms with Crippen molar-refractivity contribution in [1.29, 1.82) is 0 Å². The number of aromatic nitrogens is 1. The second-order valence-electron chi connectivity index (χ2n) is 6.53. The minimum atomic E-state index is -0.484. The number of carbonyl (C=O) groups excluding carboxylic acids is 1. The SMILES string of the molecule is Cc1ccc(O[C@@H](C)C(=O)N2CCN(c3ccccn3)CC2)c(C)c1. The molecule has 5 heteroatoms. The molecule has 1 atom stereocenters. The summed E-state index contributed by atoms with van der Waals surface area (Å²) < 4.78 is 5.91. The van der Waals surface area contributed by atoms with Gasteiger partial charge in [0.25, 0.3) is 5.91 Å². The molecule has 3 rings (SSSR count). The van der Waals surface area contributed by atoms with E-state index in [0.717, 1.165) is 30.2 Å². The highest BCUT2D eigenvalue weighted by Crippen LogP contribution is 2.21. The van der Waals surface area contributed by atoms with Gasteiger partial charge in [0.2, 0.25) is 0 Å². The highest BCUT2D eigenvalue weighted by molar-refractivity contribution is 5.81. The Morgan fingerprint density at radius 3 is 2.52 bits per heavy atom. The summed E-state index contributed by atoms with van der Waals surface area (Å²) in [6, 6.07) is 11.9. The first-order valence-electron chi connectivity index (χ1n) is 8.73. The number of carbonyl (C=O) groups is 1. The van der Waals surface area contributed by atoms with Crippen molar-refractivity contribution >= 4 is 11.7 Å². The van der Waals surface area contributed by atoms with Gasteiger partial charge in [-0.05, 0) is 44.5 Å². The molecule has 0 aliphatic carbocycles. The van der Waals surface area contributed by atoms with Crippen molar-refractivity contribution in [2.24, 2.45) is 0 Å². The Balaban J connectivity index is 1.56. The molecule has 0 unspecified atom stereocenters. The summed E-state index contributed by atoms with van der Waals surface area (Å²) in [6.07, 6.45) is 1.31. The van der Waals surface area contributed by atoms with Gasteiger partial charge in [-0.2, -0.15) is 0 Å². The lowest BCUT2D eigenvalue weighted by Crippen LogP contribution is -2.52. The molecule has 1 fully saturated rings. The average molecular weight is 339 g/mol. The van der Waals surface area contributed by atoms with Crippen molar-refractivity contribution in [2.45, 2.75) is 26.9 Å². The summed E-state index contributed by atoms with van der Waals surface area (Å²) in [6.45, 7) is 8.84. The van der Waals surface area contributed by atoms with Crippen LogP contribution in [0.25, 0.3) is 0 Å². The Labute approximate surface area is 149 Å². The minimum absolute atomic E-state index is 0.0423. The van der Waals surface area contributed by atoms with Crippen LogP contribution in [0.2, 0.25) is 0 Å². The molecule has 1 aliphatic heterocycles. The van der Waals surface area contributed by atoms with Gasteiger partial charge >= 0.3 is 0 Å². The monoisotopic (exact) mass is 339 g/mol. The predicted molar refractivity (Wildman–Crippen MR) is 99.0 cm³/mol. The number of amides is 1. The van der Waals surface area contributed by atoms with Gasteiger partial charge < -0.3 is 14.5 Å². The van der Waals surface area contributed by atoms with Gasteiger partial charge in [-0.3, -0.25) is 4.79 Å². The molecular weight excluding hydrogens is 314 g/mol. The second-order valence-corrected chi connectivity index (χ2v) is 6.53. The van der Waals surface area contributed by atoms with Crippen LogP contribution in [0.5, 0.6) is 5.75 Å². The van der Waals surface area contributed by atoms with Crippen molar-refractivity contribution in [3.05, 3.63) is 53.7 Å². The Morgan fingerprint density at radius 2 is 1.88 bits per heavy atom. The minimum Gasteiger partial charge on any atom is -0.481 e. The topological polar surface area (TPSA) is 45.7 Å². The van der Waals surface area contributed by atoms with Crippen LogP contribution in [0.4, 0.5) is 5.82 Å². The van der Waals surface area contributed by atoms with Crippen molar-refractivity contribution in [2.75, 3.05) is 31.1 Å². The fraction of sp³-hybridized carbons (Fsp3) is 0.400. The lowest BCUT2D eigenvalue weighted by Gasteiger charge is -2.36. The number of anilines is 1. The predicted octanol–water partition coefficient (Wildman–Crippen LogP) is 2.81. The zero-order chi connectivity index (χ0) is 17.8. The van der Waals surface area contributed by atoms with Gasteiger partial charge in [-0.25, -0.2) is 4.98 Å². The van der Waals surface area contributed by atoms with Crippen LogP contribution in [0.3, 0.4) is 0 Å². The summed E-state index contributed by atoms with van der Waals surface area (Å²) in [4.78, 5) is 21.2. The van der Waals surface area contributed by atoms with Crippen LogP contribution < -0.4 is 9.64 Å². The first-order valence-corrected chi connectivity index (χ1v) is 8.73. The fourth-order valence-electron chi connectivity index (χ4n) is 3.13. The standard InChI is InChI=1S/C20H25N3O2/c1-15-7-8-18(16(2)14-15)25-17(3)20(24)23-12-10-22(11-13-23)19-6-4-5-9-21-19/h4-9,14,17H,10-13H2,1-3H3/t17-/m0/s1. The Bertz CT molecular complexity index is 725. The largest absolute Gasteiger partial charge is 0.481 e. The maximum absolute atomic E-state index is 12.7. The fourth-order valence-corrected chi connectivity index (χ4v) is 3.13. The number of benzene rings is 1. The van der Waals surface area contributed by atoms with Crippen molar-refractivity contribution in [3.8, 4) is 5.75 Å². The van der Waals surface area contributed by atoms with Crippen LogP contribution in [-0.2, 0) is 4.79 Å². The van der Waals surface area contributed by atoms with Gasteiger partial charge in [0.15, 0.2) is 6.10 Å². The lowest BCUT2D eigenvalue weighted by atomic mass is 10.1. The zero-order valence-electron chi connectivity index (χ0n) is 15.1. The molecule has 1 amide bonds. The highest BCUT2D eigenvalue weighted by atomic mass is 16.5. The first-order chi connectivity index (χ1) is 12.0. The van der Waals surface area contributed by atoms with Crippen LogP contribution in [-0.4, -0.2) is 48.1 Å². The van der Waals surface area contributed by atoms with Gasteiger partial charge in [0.05, 0.1) is 0 Å². The molecular formula is C20H25N3O2. The molecule has 0 spiro atoms.